The summed E-state index contributed by atoms with van der Waals surface area (Å²) < 4.78 is 13.2. The Morgan fingerprint density at radius 3 is 2.48 bits per heavy atom. The SMILES string of the molecule is CC(C)=O.CCC1CCCN1Cc1c(OCc2cncc(C#N)c2)cc(OCc2cccc(-c3ccccc3)c2C)c2c1CCC2. The molecule has 2 aliphatic rings. The summed E-state index contributed by atoms with van der Waals surface area (Å²) in [6.07, 6.45) is 10.3. The molecule has 238 valence electrons. The van der Waals surface area contributed by atoms with Crippen LogP contribution in [0.4, 0.5) is 0 Å². The lowest BCUT2D eigenvalue weighted by Crippen LogP contribution is -2.29. The third-order valence-corrected chi connectivity index (χ3v) is 9.00. The fraction of sp³-hybridized carbons (Fsp3) is 0.375. The molecule has 0 radical (unpaired) electrons. The zero-order valence-electron chi connectivity index (χ0n) is 27.6. The number of nitriles is 1. The Hall–Kier alpha value is -4.47. The second-order valence-electron chi connectivity index (χ2n) is 12.5. The lowest BCUT2D eigenvalue weighted by molar-refractivity contribution is -0.115. The number of pyridine rings is 1. The highest BCUT2D eigenvalue weighted by molar-refractivity contribution is 5.72. The van der Waals surface area contributed by atoms with Gasteiger partial charge in [-0.25, -0.2) is 0 Å². The topological polar surface area (TPSA) is 75.5 Å². The summed E-state index contributed by atoms with van der Waals surface area (Å²) in [6, 6.07) is 23.8. The quantitative estimate of drug-likeness (QED) is 0.178. The number of fused-ring (bicyclic) bond motifs is 1. The van der Waals surface area contributed by atoms with Crippen LogP contribution in [0.2, 0.25) is 0 Å². The molecule has 4 aromatic rings. The van der Waals surface area contributed by atoms with Crippen molar-refractivity contribution in [1.29, 1.82) is 5.26 Å². The Kier molecular flexibility index (Phi) is 11.2. The molecule has 46 heavy (non-hydrogen) atoms. The molecule has 6 nitrogen and oxygen atoms in total. The molecular weight excluding hydrogens is 570 g/mol. The monoisotopic (exact) mass is 615 g/mol. The van der Waals surface area contributed by atoms with Crippen LogP contribution >= 0.6 is 0 Å². The van der Waals surface area contributed by atoms with E-state index >= 15 is 0 Å². The molecule has 0 bridgehead atoms. The van der Waals surface area contributed by atoms with Gasteiger partial charge in [-0.2, -0.15) is 5.26 Å². The summed E-state index contributed by atoms with van der Waals surface area (Å²) in [7, 11) is 0. The van der Waals surface area contributed by atoms with Gasteiger partial charge in [0, 0.05) is 42.2 Å². The van der Waals surface area contributed by atoms with Crippen LogP contribution in [0.5, 0.6) is 11.5 Å². The van der Waals surface area contributed by atoms with E-state index < -0.39 is 0 Å². The van der Waals surface area contributed by atoms with Gasteiger partial charge in [-0.15, -0.1) is 0 Å². The van der Waals surface area contributed by atoms with E-state index in [1.54, 1.807) is 12.4 Å². The number of carbonyl (C=O) groups excluding carboxylic acids is 1. The third kappa shape index (κ3) is 8.02. The number of hydrogen-bond donors (Lipinski definition) is 0. The number of aromatic nitrogens is 1. The largest absolute Gasteiger partial charge is 0.488 e. The summed E-state index contributed by atoms with van der Waals surface area (Å²) in [5.41, 5.74) is 10.4. The number of nitrogens with zero attached hydrogens (tertiary/aromatic N) is 3. The van der Waals surface area contributed by atoms with Crippen LogP contribution in [0.3, 0.4) is 0 Å². The van der Waals surface area contributed by atoms with Crippen molar-refractivity contribution < 1.29 is 14.3 Å². The van der Waals surface area contributed by atoms with E-state index in [-0.39, 0.29) is 5.78 Å². The molecular formula is C40H45N3O3. The van der Waals surface area contributed by atoms with Gasteiger partial charge >= 0.3 is 0 Å². The Bertz CT molecular complexity index is 1690. The molecule has 1 aliphatic heterocycles. The predicted octanol–water partition coefficient (Wildman–Crippen LogP) is 8.55. The molecule has 0 saturated carbocycles. The van der Waals surface area contributed by atoms with Crippen molar-refractivity contribution in [2.45, 2.75) is 92.0 Å². The highest BCUT2D eigenvalue weighted by Gasteiger charge is 2.29. The standard InChI is InChI=1S/C37H39N3O2.C3H6O/c1-3-31-13-9-17-40(31)23-35-33-15-8-16-34(33)36(19-37(35)41-24-28-18-27(20-38)21-39-22-28)42-25-30-12-7-14-32(26(30)2)29-10-5-4-6-11-29;1-3(2)4/h4-7,10-12,14,18-19,21-22,31H,3,8-9,13,15-17,23-25H2,1-2H3;1-2H3. The van der Waals surface area contributed by atoms with E-state index in [1.807, 2.05) is 6.07 Å². The van der Waals surface area contributed by atoms with E-state index in [1.165, 1.54) is 72.1 Å². The van der Waals surface area contributed by atoms with Crippen LogP contribution < -0.4 is 9.47 Å². The minimum atomic E-state index is 0.167. The zero-order valence-corrected chi connectivity index (χ0v) is 27.6. The molecule has 2 heterocycles. The molecule has 3 aromatic carbocycles. The van der Waals surface area contributed by atoms with Gasteiger partial charge < -0.3 is 14.3 Å². The van der Waals surface area contributed by atoms with Crippen molar-refractivity contribution in [3.8, 4) is 28.7 Å². The van der Waals surface area contributed by atoms with Gasteiger partial charge in [-0.1, -0.05) is 55.5 Å². The van der Waals surface area contributed by atoms with E-state index in [4.69, 9.17) is 9.47 Å². The van der Waals surface area contributed by atoms with E-state index in [0.717, 1.165) is 49.4 Å². The molecule has 1 unspecified atom stereocenters. The molecule has 0 amide bonds. The maximum Gasteiger partial charge on any atom is 0.128 e. The molecule has 1 fully saturated rings. The molecule has 1 aliphatic carbocycles. The zero-order chi connectivity index (χ0) is 32.5. The van der Waals surface area contributed by atoms with Gasteiger partial charge in [-0.05, 0) is 105 Å². The Balaban J connectivity index is 0.000000985. The lowest BCUT2D eigenvalue weighted by Gasteiger charge is -2.27. The summed E-state index contributed by atoms with van der Waals surface area (Å²) in [5.74, 6) is 1.99. The number of likely N-dealkylation sites (tertiary alicyclic amines) is 1. The predicted molar refractivity (Wildman–Crippen MR) is 183 cm³/mol. The van der Waals surface area contributed by atoms with Crippen molar-refractivity contribution in [1.82, 2.24) is 9.88 Å². The Labute approximate surface area is 274 Å². The molecule has 6 rings (SSSR count). The summed E-state index contributed by atoms with van der Waals surface area (Å²) >= 11 is 0. The highest BCUT2D eigenvalue weighted by atomic mass is 16.5. The van der Waals surface area contributed by atoms with Gasteiger partial charge in [0.1, 0.15) is 36.6 Å². The van der Waals surface area contributed by atoms with Crippen molar-refractivity contribution >= 4 is 5.78 Å². The number of carbonyl (C=O) groups is 1. The first-order valence-electron chi connectivity index (χ1n) is 16.5. The minimum Gasteiger partial charge on any atom is -0.488 e. The van der Waals surface area contributed by atoms with Crippen LogP contribution in [0, 0.1) is 18.3 Å². The highest BCUT2D eigenvalue weighted by Crippen LogP contribution is 2.41. The fourth-order valence-corrected chi connectivity index (χ4v) is 6.70. The van der Waals surface area contributed by atoms with Crippen LogP contribution in [0.1, 0.15) is 85.4 Å². The summed E-state index contributed by atoms with van der Waals surface area (Å²) in [5, 5.41) is 9.34. The van der Waals surface area contributed by atoms with E-state index in [9.17, 15) is 10.1 Å². The molecule has 1 saturated heterocycles. The van der Waals surface area contributed by atoms with Crippen LogP contribution in [0.15, 0.2) is 73.1 Å². The molecule has 0 N–H and O–H groups in total. The minimum absolute atomic E-state index is 0.167. The fourth-order valence-electron chi connectivity index (χ4n) is 6.70. The Morgan fingerprint density at radius 1 is 0.957 bits per heavy atom. The number of ketones is 1. The van der Waals surface area contributed by atoms with Crippen molar-refractivity contribution in [2.75, 3.05) is 6.54 Å². The molecule has 1 aromatic heterocycles. The van der Waals surface area contributed by atoms with Crippen molar-refractivity contribution in [3.05, 3.63) is 112 Å². The molecule has 6 heteroatoms. The van der Waals surface area contributed by atoms with Gasteiger partial charge in [0.25, 0.3) is 0 Å². The number of benzene rings is 3. The first kappa shape index (κ1) is 32.9. The third-order valence-electron chi connectivity index (χ3n) is 9.00. The average Bonchev–Trinajstić information content (AvgIpc) is 3.74. The molecule has 0 spiro atoms. The first-order chi connectivity index (χ1) is 22.4. The van der Waals surface area contributed by atoms with E-state index in [2.05, 4.69) is 84.4 Å². The normalized spacial score (nSPS) is 15.4. The second kappa shape index (κ2) is 15.7. The number of rotatable bonds is 10. The number of hydrogen-bond acceptors (Lipinski definition) is 6. The van der Waals surface area contributed by atoms with Crippen LogP contribution in [-0.4, -0.2) is 28.3 Å². The van der Waals surface area contributed by atoms with E-state index in [0.29, 0.717) is 24.8 Å². The summed E-state index contributed by atoms with van der Waals surface area (Å²) in [4.78, 5) is 16.3. The van der Waals surface area contributed by atoms with Gasteiger partial charge in [0.05, 0.1) is 5.56 Å². The molecule has 1 atom stereocenters. The average molecular weight is 616 g/mol. The Morgan fingerprint density at radius 2 is 1.72 bits per heavy atom. The van der Waals surface area contributed by atoms with Crippen molar-refractivity contribution in [2.24, 2.45) is 0 Å². The number of ether oxygens (including phenoxy) is 2. The maximum atomic E-state index is 9.44. The van der Waals surface area contributed by atoms with Gasteiger partial charge in [0.2, 0.25) is 0 Å². The number of Topliss-reactive ketones (excluding diaryl/α,β-unsaturated/α-hetero) is 1. The van der Waals surface area contributed by atoms with Crippen molar-refractivity contribution in [3.63, 3.8) is 0 Å². The van der Waals surface area contributed by atoms with Gasteiger partial charge in [-0.3, -0.25) is 9.88 Å². The smallest absolute Gasteiger partial charge is 0.128 e. The second-order valence-corrected chi connectivity index (χ2v) is 12.5. The first-order valence-corrected chi connectivity index (χ1v) is 16.5. The lowest BCUT2D eigenvalue weighted by atomic mass is 9.97. The summed E-state index contributed by atoms with van der Waals surface area (Å²) in [6.45, 7) is 10.5. The van der Waals surface area contributed by atoms with Crippen LogP contribution in [0.25, 0.3) is 11.1 Å². The maximum absolute atomic E-state index is 9.44. The van der Waals surface area contributed by atoms with Gasteiger partial charge in [0.15, 0.2) is 0 Å². The van der Waals surface area contributed by atoms with Crippen LogP contribution in [-0.2, 0) is 37.4 Å².